The predicted molar refractivity (Wildman–Crippen MR) is 69.2 cm³/mol. The average Bonchev–Trinajstić information content (AvgIpc) is 2.27. The number of nitrogens with zero attached hydrogens (tertiary/aromatic N) is 2. The quantitative estimate of drug-likeness (QED) is 0.767. The van der Waals surface area contributed by atoms with Gasteiger partial charge in [-0.15, -0.1) is 0 Å². The number of aliphatic carboxylic acids is 1. The van der Waals surface area contributed by atoms with Gasteiger partial charge in [0, 0.05) is 32.2 Å². The summed E-state index contributed by atoms with van der Waals surface area (Å²) >= 11 is 0. The summed E-state index contributed by atoms with van der Waals surface area (Å²) in [7, 11) is 2.12. The molecule has 1 rings (SSSR count). The lowest BCUT2D eigenvalue weighted by Gasteiger charge is -2.40. The number of hydrogen-bond acceptors (Lipinski definition) is 3. The third-order valence-electron chi connectivity index (χ3n) is 3.79. The second kappa shape index (κ2) is 6.97. The number of hydrogen-bond donors (Lipinski definition) is 1. The van der Waals surface area contributed by atoms with Crippen molar-refractivity contribution in [2.45, 2.75) is 39.2 Å². The van der Waals surface area contributed by atoms with E-state index in [0.717, 1.165) is 39.0 Å². The molecule has 1 aliphatic rings. The first-order valence-electron chi connectivity index (χ1n) is 6.69. The molecule has 0 aliphatic carbocycles. The van der Waals surface area contributed by atoms with Gasteiger partial charge >= 0.3 is 5.97 Å². The van der Waals surface area contributed by atoms with Crippen molar-refractivity contribution >= 4 is 5.97 Å². The van der Waals surface area contributed by atoms with E-state index in [0.29, 0.717) is 5.92 Å². The first kappa shape index (κ1) is 14.5. The summed E-state index contributed by atoms with van der Waals surface area (Å²) in [5.74, 6) is -0.198. The zero-order valence-electron chi connectivity index (χ0n) is 11.4. The van der Waals surface area contributed by atoms with E-state index in [-0.39, 0.29) is 12.5 Å². The smallest absolute Gasteiger partial charge is 0.304 e. The van der Waals surface area contributed by atoms with Gasteiger partial charge in [0.2, 0.25) is 0 Å². The zero-order valence-corrected chi connectivity index (χ0v) is 11.4. The Hall–Kier alpha value is -0.610. The molecule has 2 atom stereocenters. The molecule has 4 nitrogen and oxygen atoms in total. The Morgan fingerprint density at radius 2 is 1.88 bits per heavy atom. The SMILES string of the molecule is CCCC(C)C(CC(=O)O)N1CCN(C)CC1. The predicted octanol–water partition coefficient (Wildman–Crippen LogP) is 1.51. The molecule has 4 heteroatoms. The van der Waals surface area contributed by atoms with Crippen molar-refractivity contribution in [3.63, 3.8) is 0 Å². The van der Waals surface area contributed by atoms with Crippen LogP contribution in [-0.4, -0.2) is 60.1 Å². The first-order chi connectivity index (χ1) is 8.04. The fourth-order valence-corrected chi connectivity index (χ4v) is 2.67. The average molecular weight is 242 g/mol. The Morgan fingerprint density at radius 1 is 1.29 bits per heavy atom. The Labute approximate surface area is 105 Å². The fraction of sp³-hybridized carbons (Fsp3) is 0.923. The maximum atomic E-state index is 11.0. The largest absolute Gasteiger partial charge is 0.481 e. The minimum atomic E-state index is -0.670. The molecule has 1 saturated heterocycles. The summed E-state index contributed by atoms with van der Waals surface area (Å²) in [5.41, 5.74) is 0. The molecule has 0 aromatic carbocycles. The van der Waals surface area contributed by atoms with Gasteiger partial charge in [0.1, 0.15) is 0 Å². The monoisotopic (exact) mass is 242 g/mol. The Morgan fingerprint density at radius 3 is 2.35 bits per heavy atom. The minimum absolute atomic E-state index is 0.209. The lowest BCUT2D eigenvalue weighted by Crippen LogP contribution is -2.51. The molecule has 0 saturated carbocycles. The molecule has 0 aromatic rings. The summed E-state index contributed by atoms with van der Waals surface area (Å²) in [4.78, 5) is 15.7. The maximum absolute atomic E-state index is 11.0. The van der Waals surface area contributed by atoms with Crippen LogP contribution in [0.1, 0.15) is 33.1 Å². The molecule has 0 spiro atoms. The summed E-state index contributed by atoms with van der Waals surface area (Å²) < 4.78 is 0. The van der Waals surface area contributed by atoms with Crippen LogP contribution in [0.25, 0.3) is 0 Å². The van der Waals surface area contributed by atoms with Gasteiger partial charge in [0.15, 0.2) is 0 Å². The Bertz CT molecular complexity index is 238. The summed E-state index contributed by atoms with van der Waals surface area (Å²) in [6.07, 6.45) is 2.53. The molecule has 2 unspecified atom stereocenters. The molecular weight excluding hydrogens is 216 g/mol. The van der Waals surface area contributed by atoms with Crippen LogP contribution in [0, 0.1) is 5.92 Å². The third-order valence-corrected chi connectivity index (χ3v) is 3.79. The lowest BCUT2D eigenvalue weighted by atomic mass is 9.92. The standard InChI is InChI=1S/C13H26N2O2/c1-4-5-11(2)12(10-13(16)17)15-8-6-14(3)7-9-15/h11-12H,4-10H2,1-3H3,(H,16,17). The molecule has 0 aromatic heterocycles. The van der Waals surface area contributed by atoms with Crippen molar-refractivity contribution in [3.05, 3.63) is 0 Å². The summed E-state index contributed by atoms with van der Waals surface area (Å²) in [5, 5.41) is 9.05. The van der Waals surface area contributed by atoms with E-state index in [1.807, 2.05) is 0 Å². The molecule has 1 N–H and O–H groups in total. The van der Waals surface area contributed by atoms with Crippen LogP contribution < -0.4 is 0 Å². The molecule has 17 heavy (non-hydrogen) atoms. The highest BCUT2D eigenvalue weighted by Crippen LogP contribution is 2.21. The van der Waals surface area contributed by atoms with Gasteiger partial charge in [0.05, 0.1) is 6.42 Å². The first-order valence-corrected chi connectivity index (χ1v) is 6.69. The van der Waals surface area contributed by atoms with Crippen molar-refractivity contribution in [1.82, 2.24) is 9.80 Å². The molecule has 1 heterocycles. The van der Waals surface area contributed by atoms with E-state index in [2.05, 4.69) is 30.7 Å². The van der Waals surface area contributed by atoms with Crippen LogP contribution in [-0.2, 0) is 4.79 Å². The zero-order chi connectivity index (χ0) is 12.8. The number of carbonyl (C=O) groups is 1. The number of rotatable bonds is 6. The topological polar surface area (TPSA) is 43.8 Å². The Kier molecular flexibility index (Phi) is 5.92. The van der Waals surface area contributed by atoms with E-state index in [9.17, 15) is 4.79 Å². The molecule has 1 fully saturated rings. The van der Waals surface area contributed by atoms with E-state index in [4.69, 9.17) is 5.11 Å². The van der Waals surface area contributed by atoms with E-state index >= 15 is 0 Å². The van der Waals surface area contributed by atoms with Gasteiger partial charge in [-0.05, 0) is 19.4 Å². The van der Waals surface area contributed by atoms with Crippen molar-refractivity contribution in [1.29, 1.82) is 0 Å². The number of likely N-dealkylation sites (N-methyl/N-ethyl adjacent to an activating group) is 1. The van der Waals surface area contributed by atoms with Crippen LogP contribution in [0.5, 0.6) is 0 Å². The molecule has 0 bridgehead atoms. The number of piperazine rings is 1. The second-order valence-corrected chi connectivity index (χ2v) is 5.27. The van der Waals surface area contributed by atoms with Crippen molar-refractivity contribution in [2.24, 2.45) is 5.92 Å². The van der Waals surface area contributed by atoms with Gasteiger partial charge in [-0.25, -0.2) is 0 Å². The van der Waals surface area contributed by atoms with E-state index in [1.165, 1.54) is 0 Å². The second-order valence-electron chi connectivity index (χ2n) is 5.27. The van der Waals surface area contributed by atoms with Crippen LogP contribution in [0.2, 0.25) is 0 Å². The molecule has 1 aliphatic heterocycles. The Balaban J connectivity index is 2.58. The molecular formula is C13H26N2O2. The highest BCUT2D eigenvalue weighted by molar-refractivity contribution is 5.67. The highest BCUT2D eigenvalue weighted by atomic mass is 16.4. The van der Waals surface area contributed by atoms with Gasteiger partial charge < -0.3 is 10.0 Å². The normalized spacial score (nSPS) is 22.3. The van der Waals surface area contributed by atoms with Crippen molar-refractivity contribution in [3.8, 4) is 0 Å². The highest BCUT2D eigenvalue weighted by Gasteiger charge is 2.28. The third kappa shape index (κ3) is 4.64. The number of carboxylic acid groups (broad SMARTS) is 1. The lowest BCUT2D eigenvalue weighted by molar-refractivity contribution is -0.139. The van der Waals surface area contributed by atoms with Crippen molar-refractivity contribution in [2.75, 3.05) is 33.2 Å². The van der Waals surface area contributed by atoms with Crippen molar-refractivity contribution < 1.29 is 9.90 Å². The maximum Gasteiger partial charge on any atom is 0.304 e. The molecule has 0 radical (unpaired) electrons. The van der Waals surface area contributed by atoms with Crippen LogP contribution in [0.3, 0.4) is 0 Å². The van der Waals surface area contributed by atoms with E-state index < -0.39 is 5.97 Å². The number of carboxylic acids is 1. The van der Waals surface area contributed by atoms with Crippen LogP contribution >= 0.6 is 0 Å². The van der Waals surface area contributed by atoms with Gasteiger partial charge in [0.25, 0.3) is 0 Å². The molecule has 0 amide bonds. The van der Waals surface area contributed by atoms with Gasteiger partial charge in [-0.1, -0.05) is 20.3 Å². The summed E-state index contributed by atoms with van der Waals surface area (Å²) in [6, 6.07) is 0.209. The van der Waals surface area contributed by atoms with Crippen LogP contribution in [0.15, 0.2) is 0 Å². The van der Waals surface area contributed by atoms with E-state index in [1.54, 1.807) is 0 Å². The fourth-order valence-electron chi connectivity index (χ4n) is 2.67. The van der Waals surface area contributed by atoms with Gasteiger partial charge in [-0.2, -0.15) is 0 Å². The minimum Gasteiger partial charge on any atom is -0.481 e. The summed E-state index contributed by atoms with van der Waals surface area (Å²) in [6.45, 7) is 8.46. The molecule has 100 valence electrons. The van der Waals surface area contributed by atoms with Gasteiger partial charge in [-0.3, -0.25) is 9.69 Å². The van der Waals surface area contributed by atoms with Crippen LogP contribution in [0.4, 0.5) is 0 Å².